The fourth-order valence-electron chi connectivity index (χ4n) is 6.29. The van der Waals surface area contributed by atoms with Crippen LogP contribution >= 0.6 is 0 Å². The highest BCUT2D eigenvalue weighted by atomic mass is 16.5. The molecule has 6 nitrogen and oxygen atoms in total. The van der Waals surface area contributed by atoms with Gasteiger partial charge in [0, 0.05) is 57.4 Å². The molecule has 2 aliphatic heterocycles. The molecule has 5 rings (SSSR count). The zero-order valence-corrected chi connectivity index (χ0v) is 23.4. The van der Waals surface area contributed by atoms with E-state index in [-0.39, 0.29) is 5.91 Å². The number of hydrogen-bond acceptors (Lipinski definition) is 5. The largest absolute Gasteiger partial charge is 0.495 e. The highest BCUT2D eigenvalue weighted by Crippen LogP contribution is 2.32. The summed E-state index contributed by atoms with van der Waals surface area (Å²) in [7, 11) is 1.75. The maximum absolute atomic E-state index is 12.9. The number of methoxy groups -OCH3 is 1. The quantitative estimate of drug-likeness (QED) is 0.403. The normalized spacial score (nSPS) is 20.5. The van der Waals surface area contributed by atoms with Crippen molar-refractivity contribution in [3.8, 4) is 5.75 Å². The van der Waals surface area contributed by atoms with Gasteiger partial charge in [-0.3, -0.25) is 14.6 Å². The van der Waals surface area contributed by atoms with Crippen LogP contribution in [0.1, 0.15) is 30.4 Å². The van der Waals surface area contributed by atoms with Crippen LogP contribution in [0.4, 0.5) is 11.4 Å². The molecule has 3 aromatic carbocycles. The Bertz CT molecular complexity index is 1210. The van der Waals surface area contributed by atoms with Crippen molar-refractivity contribution in [2.75, 3.05) is 56.6 Å². The highest BCUT2D eigenvalue weighted by Gasteiger charge is 2.35. The molecule has 1 amide bonds. The van der Waals surface area contributed by atoms with E-state index in [1.54, 1.807) is 7.11 Å². The fourth-order valence-corrected chi connectivity index (χ4v) is 6.29. The lowest BCUT2D eigenvalue weighted by molar-refractivity contribution is -0.116. The predicted octanol–water partition coefficient (Wildman–Crippen LogP) is 5.44. The third kappa shape index (κ3) is 7.20. The average Bonchev–Trinajstić information content (AvgIpc) is 2.97. The SMILES string of the molecule is COc1ccccc1N1CCN([C@@H]2CCN(Cc3ccccc3)C[C@@H]2CCC(=O)Nc2cccc(C)c2)CC1. The molecule has 0 saturated carbocycles. The molecule has 6 heteroatoms. The van der Waals surface area contributed by atoms with E-state index in [1.165, 1.54) is 11.3 Å². The lowest BCUT2D eigenvalue weighted by atomic mass is 9.86. The molecule has 206 valence electrons. The summed E-state index contributed by atoms with van der Waals surface area (Å²) in [5.74, 6) is 1.52. The van der Waals surface area contributed by atoms with Crippen molar-refractivity contribution >= 4 is 17.3 Å². The van der Waals surface area contributed by atoms with Crippen LogP contribution in [0.5, 0.6) is 5.75 Å². The van der Waals surface area contributed by atoms with E-state index in [1.807, 2.05) is 30.3 Å². The minimum absolute atomic E-state index is 0.112. The van der Waals surface area contributed by atoms with Crippen molar-refractivity contribution < 1.29 is 9.53 Å². The third-order valence-corrected chi connectivity index (χ3v) is 8.28. The van der Waals surface area contributed by atoms with Gasteiger partial charge in [0.2, 0.25) is 5.91 Å². The molecule has 2 atom stereocenters. The number of nitrogens with zero attached hydrogens (tertiary/aromatic N) is 3. The van der Waals surface area contributed by atoms with Crippen molar-refractivity contribution in [1.82, 2.24) is 9.80 Å². The van der Waals surface area contributed by atoms with Crippen LogP contribution in [0.15, 0.2) is 78.9 Å². The molecule has 39 heavy (non-hydrogen) atoms. The Morgan fingerprint density at radius 3 is 2.46 bits per heavy atom. The Hall–Kier alpha value is -3.35. The van der Waals surface area contributed by atoms with Crippen molar-refractivity contribution in [2.24, 2.45) is 5.92 Å². The van der Waals surface area contributed by atoms with Gasteiger partial charge in [0.25, 0.3) is 0 Å². The second-order valence-electron chi connectivity index (χ2n) is 11.0. The number of carbonyl (C=O) groups is 1. The van der Waals surface area contributed by atoms with Gasteiger partial charge in [-0.25, -0.2) is 0 Å². The maximum atomic E-state index is 12.9. The van der Waals surface area contributed by atoms with Gasteiger partial charge in [0.05, 0.1) is 12.8 Å². The van der Waals surface area contributed by atoms with Crippen molar-refractivity contribution in [2.45, 2.75) is 38.8 Å². The van der Waals surface area contributed by atoms with E-state index in [0.717, 1.165) is 75.7 Å². The van der Waals surface area contributed by atoms with Gasteiger partial charge < -0.3 is 15.0 Å². The summed E-state index contributed by atoms with van der Waals surface area (Å²) in [4.78, 5) is 20.6. The summed E-state index contributed by atoms with van der Waals surface area (Å²) in [6, 6.07) is 27.6. The molecule has 0 aliphatic carbocycles. The number of ether oxygens (including phenoxy) is 1. The molecule has 1 N–H and O–H groups in total. The van der Waals surface area contributed by atoms with E-state index in [2.05, 4.69) is 75.5 Å². The summed E-state index contributed by atoms with van der Waals surface area (Å²) in [6.07, 6.45) is 2.60. The number of likely N-dealkylation sites (tertiary alicyclic amines) is 1. The lowest BCUT2D eigenvalue weighted by Crippen LogP contribution is -2.56. The molecule has 2 saturated heterocycles. The molecule has 2 heterocycles. The smallest absolute Gasteiger partial charge is 0.224 e. The van der Waals surface area contributed by atoms with Gasteiger partial charge in [-0.1, -0.05) is 54.6 Å². The van der Waals surface area contributed by atoms with E-state index < -0.39 is 0 Å². The Kier molecular flexibility index (Phi) is 9.17. The molecule has 2 aliphatic rings. The van der Waals surface area contributed by atoms with Crippen LogP contribution in [0, 0.1) is 12.8 Å². The number of nitrogens with one attached hydrogen (secondary N) is 1. The number of anilines is 2. The molecular weight excluding hydrogens is 484 g/mol. The standard InChI is InChI=1S/C33H42N4O2/c1-26-9-8-12-29(23-26)34-33(38)16-15-28-25-35(24-27-10-4-3-5-11-27)18-17-30(28)36-19-21-37(22-20-36)31-13-6-7-14-32(31)39-2/h3-14,23,28,30H,15-22,24-25H2,1-2H3,(H,34,38)/t28-,30+/m0/s1. The molecule has 0 unspecified atom stereocenters. The lowest BCUT2D eigenvalue weighted by Gasteiger charge is -2.47. The van der Waals surface area contributed by atoms with E-state index in [9.17, 15) is 4.79 Å². The number of para-hydroxylation sites is 2. The highest BCUT2D eigenvalue weighted by molar-refractivity contribution is 5.90. The Morgan fingerprint density at radius 2 is 1.69 bits per heavy atom. The van der Waals surface area contributed by atoms with E-state index in [4.69, 9.17) is 4.74 Å². The average molecular weight is 527 g/mol. The number of hydrogen-bond donors (Lipinski definition) is 1. The fraction of sp³-hybridized carbons (Fsp3) is 0.424. The van der Waals surface area contributed by atoms with Gasteiger partial charge in [0.15, 0.2) is 0 Å². The molecule has 0 aromatic heterocycles. The van der Waals surface area contributed by atoms with Crippen LogP contribution < -0.4 is 15.0 Å². The van der Waals surface area contributed by atoms with Crippen molar-refractivity contribution in [3.05, 3.63) is 90.0 Å². The molecular formula is C33H42N4O2. The van der Waals surface area contributed by atoms with Gasteiger partial charge in [-0.2, -0.15) is 0 Å². The Morgan fingerprint density at radius 1 is 0.923 bits per heavy atom. The van der Waals surface area contributed by atoms with Crippen LogP contribution in [-0.2, 0) is 11.3 Å². The topological polar surface area (TPSA) is 48.1 Å². The van der Waals surface area contributed by atoms with Crippen molar-refractivity contribution in [3.63, 3.8) is 0 Å². The number of piperazine rings is 1. The second kappa shape index (κ2) is 13.1. The molecule has 0 spiro atoms. The Balaban J connectivity index is 1.23. The summed E-state index contributed by atoms with van der Waals surface area (Å²) in [5, 5.41) is 3.12. The minimum atomic E-state index is 0.112. The summed E-state index contributed by atoms with van der Waals surface area (Å²) >= 11 is 0. The molecule has 3 aromatic rings. The first kappa shape index (κ1) is 27.2. The van der Waals surface area contributed by atoms with Crippen molar-refractivity contribution in [1.29, 1.82) is 0 Å². The van der Waals surface area contributed by atoms with E-state index >= 15 is 0 Å². The number of benzene rings is 3. The first-order chi connectivity index (χ1) is 19.1. The zero-order valence-electron chi connectivity index (χ0n) is 23.4. The molecule has 0 bridgehead atoms. The number of rotatable bonds is 9. The van der Waals surface area contributed by atoms with Crippen LogP contribution in [0.25, 0.3) is 0 Å². The first-order valence-corrected chi connectivity index (χ1v) is 14.3. The number of carbonyl (C=O) groups excluding carboxylic acids is 1. The minimum Gasteiger partial charge on any atom is -0.495 e. The Labute approximate surface area is 233 Å². The predicted molar refractivity (Wildman–Crippen MR) is 159 cm³/mol. The number of aryl methyl sites for hydroxylation is 1. The summed E-state index contributed by atoms with van der Waals surface area (Å²) < 4.78 is 5.62. The van der Waals surface area contributed by atoms with Crippen LogP contribution in [0.3, 0.4) is 0 Å². The second-order valence-corrected chi connectivity index (χ2v) is 11.0. The number of amides is 1. The van der Waals surface area contributed by atoms with Gasteiger partial charge in [-0.05, 0) is 67.6 Å². The third-order valence-electron chi connectivity index (χ3n) is 8.28. The van der Waals surface area contributed by atoms with E-state index in [0.29, 0.717) is 18.4 Å². The van der Waals surface area contributed by atoms with Crippen LogP contribution in [0.2, 0.25) is 0 Å². The van der Waals surface area contributed by atoms with Gasteiger partial charge in [0.1, 0.15) is 5.75 Å². The molecule has 2 fully saturated rings. The monoisotopic (exact) mass is 526 g/mol. The maximum Gasteiger partial charge on any atom is 0.224 e. The first-order valence-electron chi connectivity index (χ1n) is 14.3. The summed E-state index contributed by atoms with van der Waals surface area (Å²) in [5.41, 5.74) is 4.58. The molecule has 0 radical (unpaired) electrons. The van der Waals surface area contributed by atoms with Gasteiger partial charge >= 0.3 is 0 Å². The summed E-state index contributed by atoms with van der Waals surface area (Å²) in [6.45, 7) is 9.21. The number of piperidine rings is 1. The zero-order chi connectivity index (χ0) is 27.0. The van der Waals surface area contributed by atoms with Crippen LogP contribution in [-0.4, -0.2) is 68.1 Å². The van der Waals surface area contributed by atoms with Gasteiger partial charge in [-0.15, -0.1) is 0 Å².